The molecule has 2 aromatic heterocycles. The molecule has 5 N–H and O–H groups in total. The van der Waals surface area contributed by atoms with Gasteiger partial charge in [0.15, 0.2) is 5.75 Å². The maximum absolute atomic E-state index is 11.7. The fourth-order valence-corrected chi connectivity index (χ4v) is 4.55. The molecule has 0 saturated heterocycles. The lowest BCUT2D eigenvalue weighted by atomic mass is 10.0. The van der Waals surface area contributed by atoms with Gasteiger partial charge in [-0.3, -0.25) is 19.4 Å². The van der Waals surface area contributed by atoms with Crippen molar-refractivity contribution < 1.29 is 14.6 Å². The second-order valence-corrected chi connectivity index (χ2v) is 9.90. The van der Waals surface area contributed by atoms with Crippen LogP contribution in [0.5, 0.6) is 5.75 Å². The third-order valence-electron chi connectivity index (χ3n) is 6.17. The number of thioether (sulfide) groups is 1. The summed E-state index contributed by atoms with van der Waals surface area (Å²) in [5.74, 6) is 0.0601. The topological polar surface area (TPSA) is 133 Å². The number of aromatic nitrogens is 3. The van der Waals surface area contributed by atoms with E-state index in [0.717, 1.165) is 27.1 Å². The molecule has 38 heavy (non-hydrogen) atoms. The first-order chi connectivity index (χ1) is 18.3. The van der Waals surface area contributed by atoms with Crippen LogP contribution >= 0.6 is 11.8 Å². The number of carbonyl (C=O) groups excluding carboxylic acids is 1. The summed E-state index contributed by atoms with van der Waals surface area (Å²) in [5.41, 5.74) is 17.1. The van der Waals surface area contributed by atoms with Crippen LogP contribution in [0, 0.1) is 0 Å². The van der Waals surface area contributed by atoms with Gasteiger partial charge in [-0.15, -0.1) is 11.8 Å². The molecule has 0 aliphatic heterocycles. The molecule has 0 saturated carbocycles. The monoisotopic (exact) mass is 532 g/mol. The Balaban J connectivity index is 1.45. The van der Waals surface area contributed by atoms with Crippen LogP contribution in [0.1, 0.15) is 15.9 Å². The fourth-order valence-electron chi connectivity index (χ4n) is 3.95. The van der Waals surface area contributed by atoms with Gasteiger partial charge >= 0.3 is 0 Å². The summed E-state index contributed by atoms with van der Waals surface area (Å²) in [4.78, 5) is 18.9. The zero-order valence-electron chi connectivity index (χ0n) is 21.7. The molecular weight excluding hydrogens is 500 g/mol. The van der Waals surface area contributed by atoms with E-state index in [4.69, 9.17) is 16.2 Å². The number of primary amides is 1. The minimum absolute atomic E-state index is 0.326. The molecule has 1 unspecified atom stereocenters. The first-order valence-corrected chi connectivity index (χ1v) is 13.3. The maximum atomic E-state index is 11.7. The van der Waals surface area contributed by atoms with E-state index in [2.05, 4.69) is 10.1 Å². The molecule has 0 radical (unpaired) electrons. The lowest BCUT2D eigenvalue weighted by Gasteiger charge is -2.17. The van der Waals surface area contributed by atoms with Crippen molar-refractivity contribution in [2.75, 3.05) is 32.7 Å². The Kier molecular flexibility index (Phi) is 8.67. The Morgan fingerprint density at radius 3 is 2.61 bits per heavy atom. The van der Waals surface area contributed by atoms with Crippen molar-refractivity contribution in [2.24, 2.45) is 5.73 Å². The van der Waals surface area contributed by atoms with Gasteiger partial charge in [-0.05, 0) is 61.3 Å². The van der Waals surface area contributed by atoms with Gasteiger partial charge in [0.05, 0.1) is 25.0 Å². The third-order valence-corrected chi connectivity index (χ3v) is 6.97. The standard InChI is InChI=1S/C28H32N6O3S/c1-33(2)25(35)17-34-16-21(15-32-34)26-27(23(29)10-12-31-26)37-13-11-18-4-6-19(7-5-18)22-14-20(28(30)36)8-9-24(22)38-3/h4-10,12,14-16,25,35H,11,13,17H2,1-3H3,(H2,29,31)(H2,30,36). The zero-order valence-corrected chi connectivity index (χ0v) is 22.5. The fraction of sp³-hybridized carbons (Fsp3) is 0.250. The van der Waals surface area contributed by atoms with Gasteiger partial charge in [0.1, 0.15) is 11.9 Å². The highest BCUT2D eigenvalue weighted by Crippen LogP contribution is 2.34. The SMILES string of the molecule is CSc1ccc(C(N)=O)cc1-c1ccc(CCOc2c(N)ccnc2-c2cnn(CC(O)N(C)C)c2)cc1. The van der Waals surface area contributed by atoms with Gasteiger partial charge in [-0.1, -0.05) is 24.3 Å². The van der Waals surface area contributed by atoms with E-state index < -0.39 is 12.1 Å². The van der Waals surface area contributed by atoms with Crippen LogP contribution in [-0.2, 0) is 13.0 Å². The normalized spacial score (nSPS) is 12.0. The second kappa shape index (κ2) is 12.1. The minimum atomic E-state index is -0.655. The van der Waals surface area contributed by atoms with E-state index in [1.54, 1.807) is 60.0 Å². The van der Waals surface area contributed by atoms with Crippen molar-refractivity contribution >= 4 is 23.4 Å². The number of amides is 1. The van der Waals surface area contributed by atoms with Crippen LogP contribution in [0.4, 0.5) is 5.69 Å². The Hall–Kier alpha value is -3.86. The molecule has 198 valence electrons. The highest BCUT2D eigenvalue weighted by molar-refractivity contribution is 7.98. The van der Waals surface area contributed by atoms with Gasteiger partial charge in [0, 0.05) is 34.8 Å². The van der Waals surface area contributed by atoms with E-state index in [1.807, 2.05) is 48.9 Å². The third kappa shape index (κ3) is 6.34. The summed E-state index contributed by atoms with van der Waals surface area (Å²) < 4.78 is 7.78. The van der Waals surface area contributed by atoms with Gasteiger partial charge < -0.3 is 21.3 Å². The predicted molar refractivity (Wildman–Crippen MR) is 151 cm³/mol. The number of benzene rings is 2. The number of nitrogen functional groups attached to an aromatic ring is 1. The predicted octanol–water partition coefficient (Wildman–Crippen LogP) is 3.52. The van der Waals surface area contributed by atoms with E-state index in [9.17, 15) is 9.90 Å². The van der Waals surface area contributed by atoms with Gasteiger partial charge in [-0.25, -0.2) is 0 Å². The van der Waals surface area contributed by atoms with Crippen molar-refractivity contribution in [2.45, 2.75) is 24.1 Å². The molecule has 9 nitrogen and oxygen atoms in total. The number of aliphatic hydroxyl groups is 1. The molecule has 0 spiro atoms. The number of carbonyl (C=O) groups is 1. The quantitative estimate of drug-likeness (QED) is 0.197. The molecular formula is C28H32N6O3S. The smallest absolute Gasteiger partial charge is 0.248 e. The van der Waals surface area contributed by atoms with Crippen LogP contribution in [0.3, 0.4) is 0 Å². The van der Waals surface area contributed by atoms with Crippen LogP contribution in [-0.4, -0.2) is 63.9 Å². The van der Waals surface area contributed by atoms with Crippen LogP contribution in [0.15, 0.2) is 72.0 Å². The minimum Gasteiger partial charge on any atom is -0.489 e. The molecule has 0 aliphatic carbocycles. The largest absolute Gasteiger partial charge is 0.489 e. The molecule has 0 bridgehead atoms. The van der Waals surface area contributed by atoms with Gasteiger partial charge in [-0.2, -0.15) is 5.10 Å². The molecule has 1 atom stereocenters. The number of anilines is 1. The highest BCUT2D eigenvalue weighted by atomic mass is 32.2. The van der Waals surface area contributed by atoms with E-state index >= 15 is 0 Å². The Morgan fingerprint density at radius 2 is 1.92 bits per heavy atom. The number of nitrogens with zero attached hydrogens (tertiary/aromatic N) is 4. The molecule has 0 fully saturated rings. The Bertz CT molecular complexity index is 1400. The number of ether oxygens (including phenoxy) is 1. The van der Waals surface area contributed by atoms with E-state index in [0.29, 0.717) is 42.3 Å². The van der Waals surface area contributed by atoms with Crippen molar-refractivity contribution in [3.05, 3.63) is 78.2 Å². The molecule has 4 aromatic rings. The van der Waals surface area contributed by atoms with Crippen molar-refractivity contribution in [3.63, 3.8) is 0 Å². The first-order valence-electron chi connectivity index (χ1n) is 12.1. The second-order valence-electron chi connectivity index (χ2n) is 9.05. The lowest BCUT2D eigenvalue weighted by Crippen LogP contribution is -2.31. The summed E-state index contributed by atoms with van der Waals surface area (Å²) in [7, 11) is 3.61. The Labute approximate surface area is 226 Å². The summed E-state index contributed by atoms with van der Waals surface area (Å²) in [6, 6.07) is 15.4. The molecule has 2 aromatic carbocycles. The van der Waals surface area contributed by atoms with Crippen molar-refractivity contribution in [1.82, 2.24) is 19.7 Å². The summed E-state index contributed by atoms with van der Waals surface area (Å²) in [6.07, 6.45) is 7.16. The number of rotatable bonds is 11. The van der Waals surface area contributed by atoms with Crippen molar-refractivity contribution in [1.29, 1.82) is 0 Å². The number of aliphatic hydroxyl groups excluding tert-OH is 1. The molecule has 4 rings (SSSR count). The Morgan fingerprint density at radius 1 is 1.16 bits per heavy atom. The van der Waals surface area contributed by atoms with Crippen LogP contribution < -0.4 is 16.2 Å². The zero-order chi connectivity index (χ0) is 27.2. The number of pyridine rings is 1. The number of nitrogens with two attached hydrogens (primary N) is 2. The average Bonchev–Trinajstić information content (AvgIpc) is 3.37. The maximum Gasteiger partial charge on any atom is 0.248 e. The molecule has 2 heterocycles. The van der Waals surface area contributed by atoms with Gasteiger partial charge in [0.2, 0.25) is 5.91 Å². The molecule has 10 heteroatoms. The molecule has 0 aliphatic rings. The molecule has 1 amide bonds. The summed E-state index contributed by atoms with van der Waals surface area (Å²) in [6.45, 7) is 0.732. The van der Waals surface area contributed by atoms with Crippen molar-refractivity contribution in [3.8, 4) is 28.1 Å². The number of hydrogen-bond acceptors (Lipinski definition) is 8. The number of likely N-dealkylation sites (N-methyl/N-ethyl adjacent to an activating group) is 1. The van der Waals surface area contributed by atoms with Gasteiger partial charge in [0.25, 0.3) is 0 Å². The first kappa shape index (κ1) is 27.2. The summed E-state index contributed by atoms with van der Waals surface area (Å²) in [5, 5.41) is 14.5. The number of hydrogen-bond donors (Lipinski definition) is 3. The van der Waals surface area contributed by atoms with E-state index in [1.165, 1.54) is 0 Å². The lowest BCUT2D eigenvalue weighted by molar-refractivity contribution is 0.0232. The van der Waals surface area contributed by atoms with Crippen LogP contribution in [0.2, 0.25) is 0 Å². The van der Waals surface area contributed by atoms with Crippen LogP contribution in [0.25, 0.3) is 22.4 Å². The summed E-state index contributed by atoms with van der Waals surface area (Å²) >= 11 is 1.62. The van der Waals surface area contributed by atoms with E-state index in [-0.39, 0.29) is 0 Å². The highest BCUT2D eigenvalue weighted by Gasteiger charge is 2.16. The average molecular weight is 533 g/mol.